The quantitative estimate of drug-likeness (QED) is 0.734. The molecule has 0 saturated heterocycles. The second kappa shape index (κ2) is 6.82. The van der Waals surface area contributed by atoms with Crippen LogP contribution in [0.25, 0.3) is 0 Å². The number of allylic oxidation sites excluding steroid dienone is 2. The van der Waals surface area contributed by atoms with Gasteiger partial charge >= 0.3 is 0 Å². The molecule has 0 heterocycles. The van der Waals surface area contributed by atoms with Gasteiger partial charge in [-0.1, -0.05) is 48.9 Å². The van der Waals surface area contributed by atoms with E-state index in [1.807, 2.05) is 38.1 Å². The maximum Gasteiger partial charge on any atom is 0.184 e. The standard InChI is InChI=1S/C23H22O4S/c1-14-10-12-16(13-11-14)28(26)23-15(2)6-4-8-18(23)21(24)20-17(22(23)25)7-5-9-19(20)27-3/h4-7,9-13,15,18H,8H2,1-3H3/t15-,18-,23+,28-/m0/s1. The van der Waals surface area contributed by atoms with Crippen molar-refractivity contribution in [2.45, 2.75) is 29.9 Å². The summed E-state index contributed by atoms with van der Waals surface area (Å²) in [6.07, 6.45) is 4.23. The van der Waals surface area contributed by atoms with Gasteiger partial charge in [0.25, 0.3) is 0 Å². The molecule has 0 fully saturated rings. The van der Waals surface area contributed by atoms with Gasteiger partial charge in [-0.05, 0) is 37.5 Å². The molecule has 5 heteroatoms. The van der Waals surface area contributed by atoms with Crippen LogP contribution < -0.4 is 4.74 Å². The number of carbonyl (C=O) groups is 2. The van der Waals surface area contributed by atoms with E-state index in [4.69, 9.17) is 4.74 Å². The Morgan fingerprint density at radius 1 is 1.11 bits per heavy atom. The fraction of sp³-hybridized carbons (Fsp3) is 0.304. The van der Waals surface area contributed by atoms with E-state index in [1.165, 1.54) is 7.11 Å². The van der Waals surface area contributed by atoms with Gasteiger partial charge < -0.3 is 4.74 Å². The zero-order chi connectivity index (χ0) is 20.1. The van der Waals surface area contributed by atoms with Crippen LogP contribution in [-0.4, -0.2) is 27.6 Å². The summed E-state index contributed by atoms with van der Waals surface area (Å²) in [5.74, 6) is -1.01. The molecule has 144 valence electrons. The van der Waals surface area contributed by atoms with Gasteiger partial charge in [0.05, 0.1) is 29.4 Å². The molecule has 2 aliphatic rings. The van der Waals surface area contributed by atoms with Crippen molar-refractivity contribution < 1.29 is 18.5 Å². The SMILES string of the molecule is COc1cccc2c1C(=O)[C@@H]1CC=C[C@H](C)[C@]1([S@@](=O)c1ccc(C)cc1)C2=O. The molecule has 2 aliphatic carbocycles. The zero-order valence-corrected chi connectivity index (χ0v) is 16.9. The van der Waals surface area contributed by atoms with E-state index in [9.17, 15) is 13.8 Å². The lowest BCUT2D eigenvalue weighted by Crippen LogP contribution is -2.60. The van der Waals surface area contributed by atoms with Gasteiger partial charge in [0.1, 0.15) is 10.5 Å². The Morgan fingerprint density at radius 2 is 1.82 bits per heavy atom. The molecule has 0 spiro atoms. The van der Waals surface area contributed by atoms with E-state index in [1.54, 1.807) is 30.3 Å². The molecule has 0 aromatic heterocycles. The highest BCUT2D eigenvalue weighted by Gasteiger charge is 2.61. The number of hydrogen-bond donors (Lipinski definition) is 0. The smallest absolute Gasteiger partial charge is 0.184 e. The number of carbonyl (C=O) groups excluding carboxylic acids is 2. The summed E-state index contributed by atoms with van der Waals surface area (Å²) in [4.78, 5) is 27.9. The van der Waals surface area contributed by atoms with E-state index >= 15 is 0 Å². The Hall–Kier alpha value is -2.53. The van der Waals surface area contributed by atoms with Crippen LogP contribution >= 0.6 is 0 Å². The van der Waals surface area contributed by atoms with Crippen molar-refractivity contribution in [2.75, 3.05) is 7.11 Å². The first-order chi connectivity index (χ1) is 13.4. The van der Waals surface area contributed by atoms with Crippen LogP contribution in [-0.2, 0) is 10.8 Å². The molecule has 0 aliphatic heterocycles. The lowest BCUT2D eigenvalue weighted by atomic mass is 9.64. The highest BCUT2D eigenvalue weighted by molar-refractivity contribution is 7.87. The molecule has 0 N–H and O–H groups in total. The molecular formula is C23H22O4S. The Bertz CT molecular complexity index is 1020. The summed E-state index contributed by atoms with van der Waals surface area (Å²) >= 11 is 0. The fourth-order valence-corrected chi connectivity index (χ4v) is 6.42. The van der Waals surface area contributed by atoms with Crippen LogP contribution in [0.1, 0.15) is 39.6 Å². The Morgan fingerprint density at radius 3 is 2.50 bits per heavy atom. The third kappa shape index (κ3) is 2.46. The van der Waals surface area contributed by atoms with Crippen molar-refractivity contribution in [1.29, 1.82) is 0 Å². The Balaban J connectivity index is 1.98. The molecule has 2 aromatic carbocycles. The van der Waals surface area contributed by atoms with Crippen molar-refractivity contribution in [3.05, 3.63) is 71.3 Å². The molecule has 4 atom stereocenters. The number of rotatable bonds is 3. The minimum atomic E-state index is -1.67. The Kier molecular flexibility index (Phi) is 4.58. The fourth-order valence-electron chi connectivity index (χ4n) is 4.49. The van der Waals surface area contributed by atoms with Gasteiger partial charge in [-0.25, -0.2) is 0 Å². The number of Topliss-reactive ketones (excluding diaryl/α,β-unsaturated/α-hetero) is 2. The number of aryl methyl sites for hydroxylation is 1. The molecule has 28 heavy (non-hydrogen) atoms. The van der Waals surface area contributed by atoms with Crippen LogP contribution in [0.5, 0.6) is 5.75 Å². The first kappa shape index (κ1) is 18.8. The van der Waals surface area contributed by atoms with Gasteiger partial charge in [0.2, 0.25) is 0 Å². The van der Waals surface area contributed by atoms with Gasteiger partial charge in [0, 0.05) is 10.5 Å². The van der Waals surface area contributed by atoms with Gasteiger partial charge in [0.15, 0.2) is 11.6 Å². The molecule has 4 rings (SSSR count). The van der Waals surface area contributed by atoms with Crippen LogP contribution in [0.4, 0.5) is 0 Å². The predicted molar refractivity (Wildman–Crippen MR) is 108 cm³/mol. The predicted octanol–water partition coefficient (Wildman–Crippen LogP) is 4.14. The van der Waals surface area contributed by atoms with Crippen molar-refractivity contribution in [3.8, 4) is 5.75 Å². The number of methoxy groups -OCH3 is 1. The van der Waals surface area contributed by atoms with Crippen molar-refractivity contribution in [3.63, 3.8) is 0 Å². The lowest BCUT2D eigenvalue weighted by molar-refractivity contribution is 0.0723. The summed E-state index contributed by atoms with van der Waals surface area (Å²) in [5.41, 5.74) is 1.68. The largest absolute Gasteiger partial charge is 0.496 e. The average Bonchev–Trinajstić information content (AvgIpc) is 2.71. The minimum absolute atomic E-state index is 0.163. The summed E-state index contributed by atoms with van der Waals surface area (Å²) in [7, 11) is -0.185. The molecule has 0 unspecified atom stereocenters. The maximum atomic E-state index is 13.9. The number of benzene rings is 2. The Labute approximate surface area is 167 Å². The normalized spacial score (nSPS) is 27.1. The second-order valence-corrected chi connectivity index (χ2v) is 9.14. The van der Waals surface area contributed by atoms with Crippen molar-refractivity contribution >= 4 is 22.4 Å². The van der Waals surface area contributed by atoms with Crippen LogP contribution in [0.3, 0.4) is 0 Å². The monoisotopic (exact) mass is 394 g/mol. The molecular weight excluding hydrogens is 372 g/mol. The molecule has 2 aromatic rings. The van der Waals surface area contributed by atoms with Gasteiger partial charge in [-0.3, -0.25) is 13.8 Å². The molecule has 0 radical (unpaired) electrons. The van der Waals surface area contributed by atoms with E-state index in [2.05, 4.69) is 0 Å². The van der Waals surface area contributed by atoms with E-state index in [-0.39, 0.29) is 17.5 Å². The first-order valence-corrected chi connectivity index (χ1v) is 10.5. The zero-order valence-electron chi connectivity index (χ0n) is 16.1. The summed E-state index contributed by atoms with van der Waals surface area (Å²) in [5, 5.41) is 0. The number of fused-ring (bicyclic) bond motifs is 2. The maximum absolute atomic E-state index is 13.9. The molecule has 4 nitrogen and oxygen atoms in total. The number of hydrogen-bond acceptors (Lipinski definition) is 4. The number of ketones is 2. The molecule has 0 amide bonds. The topological polar surface area (TPSA) is 60.4 Å². The second-order valence-electron chi connectivity index (χ2n) is 7.46. The molecule has 0 bridgehead atoms. The summed E-state index contributed by atoms with van der Waals surface area (Å²) in [6, 6.07) is 12.4. The summed E-state index contributed by atoms with van der Waals surface area (Å²) in [6.45, 7) is 3.84. The average molecular weight is 394 g/mol. The van der Waals surface area contributed by atoms with Crippen LogP contribution in [0.2, 0.25) is 0 Å². The highest BCUT2D eigenvalue weighted by atomic mass is 32.2. The lowest BCUT2D eigenvalue weighted by Gasteiger charge is -2.46. The third-order valence-electron chi connectivity index (χ3n) is 5.94. The van der Waals surface area contributed by atoms with E-state index in [0.29, 0.717) is 28.2 Å². The first-order valence-electron chi connectivity index (χ1n) is 9.34. The van der Waals surface area contributed by atoms with Crippen molar-refractivity contribution in [2.24, 2.45) is 11.8 Å². The minimum Gasteiger partial charge on any atom is -0.496 e. The number of ether oxygens (including phenoxy) is 1. The highest BCUT2D eigenvalue weighted by Crippen LogP contribution is 2.50. The van der Waals surface area contributed by atoms with E-state index in [0.717, 1.165) is 5.56 Å². The molecule has 0 saturated carbocycles. The van der Waals surface area contributed by atoms with E-state index < -0.39 is 21.5 Å². The van der Waals surface area contributed by atoms with Crippen LogP contribution in [0.15, 0.2) is 59.5 Å². The third-order valence-corrected chi connectivity index (χ3v) is 8.10. The van der Waals surface area contributed by atoms with Crippen LogP contribution in [0, 0.1) is 18.8 Å². The summed E-state index contributed by atoms with van der Waals surface area (Å²) < 4.78 is 17.9. The van der Waals surface area contributed by atoms with Crippen molar-refractivity contribution in [1.82, 2.24) is 0 Å². The van der Waals surface area contributed by atoms with Gasteiger partial charge in [-0.15, -0.1) is 0 Å². The van der Waals surface area contributed by atoms with Gasteiger partial charge in [-0.2, -0.15) is 0 Å².